The highest BCUT2D eigenvalue weighted by Gasteiger charge is 1.97. The second kappa shape index (κ2) is 3.34. The van der Waals surface area contributed by atoms with Gasteiger partial charge in [-0.15, -0.1) is 0 Å². The van der Waals surface area contributed by atoms with Gasteiger partial charge < -0.3 is 5.11 Å². The van der Waals surface area contributed by atoms with Gasteiger partial charge in [-0.2, -0.15) is 0 Å². The molecule has 0 heterocycles. The van der Waals surface area contributed by atoms with E-state index in [-0.39, 0.29) is 5.75 Å². The van der Waals surface area contributed by atoms with E-state index in [1.165, 1.54) is 17.5 Å². The summed E-state index contributed by atoms with van der Waals surface area (Å²) in [5.74, 6) is 0.123. The van der Waals surface area contributed by atoms with Crippen LogP contribution in [0.4, 0.5) is 0 Å². The second-order valence-electron chi connectivity index (χ2n) is 1.96. The van der Waals surface area contributed by atoms with Crippen LogP contribution in [-0.4, -0.2) is 9.32 Å². The van der Waals surface area contributed by atoms with Crippen molar-refractivity contribution in [3.63, 3.8) is 0 Å². The molecular weight excluding hydrogens is 160 g/mol. The number of phenolic OH excluding ortho intramolecular Hbond substituents is 1. The summed E-state index contributed by atoms with van der Waals surface area (Å²) in [7, 11) is -1.20. The lowest BCUT2D eigenvalue weighted by Gasteiger charge is -1.95. The van der Waals surface area contributed by atoms with Crippen molar-refractivity contribution >= 4 is 10.8 Å². The molecule has 1 N–H and O–H groups in total. The summed E-state index contributed by atoms with van der Waals surface area (Å²) in [5, 5.41) is 10.3. The van der Waals surface area contributed by atoms with Crippen molar-refractivity contribution in [2.45, 2.75) is 4.90 Å². The Kier molecular flexibility index (Phi) is 2.44. The van der Waals surface area contributed by atoms with Crippen LogP contribution in [0.2, 0.25) is 0 Å². The van der Waals surface area contributed by atoms with E-state index in [2.05, 4.69) is 6.58 Å². The molecule has 1 atom stereocenters. The van der Waals surface area contributed by atoms with Crippen LogP contribution in [0.25, 0.3) is 0 Å². The minimum absolute atomic E-state index is 0.123. The summed E-state index contributed by atoms with van der Waals surface area (Å²) in [6.07, 6.45) is 0. The SMILES string of the molecule is C=CS(=O)c1cccc(O)c1. The van der Waals surface area contributed by atoms with Crippen LogP contribution >= 0.6 is 0 Å². The van der Waals surface area contributed by atoms with Gasteiger partial charge in [-0.1, -0.05) is 12.6 Å². The molecule has 0 aliphatic carbocycles. The molecule has 0 saturated heterocycles. The molecular formula is C8H8O2S. The quantitative estimate of drug-likeness (QED) is 0.729. The Morgan fingerprint density at radius 3 is 2.82 bits per heavy atom. The summed E-state index contributed by atoms with van der Waals surface area (Å²) in [6, 6.07) is 6.31. The molecule has 0 saturated carbocycles. The fourth-order valence-electron chi connectivity index (χ4n) is 0.705. The first kappa shape index (κ1) is 8.01. The Balaban J connectivity index is 3.05. The lowest BCUT2D eigenvalue weighted by atomic mass is 10.3. The summed E-state index contributed by atoms with van der Waals surface area (Å²) >= 11 is 0. The smallest absolute Gasteiger partial charge is 0.116 e. The van der Waals surface area contributed by atoms with Crippen LogP contribution in [0.5, 0.6) is 5.75 Å². The first-order valence-corrected chi connectivity index (χ1v) is 4.27. The minimum Gasteiger partial charge on any atom is -0.508 e. The average Bonchev–Trinajstić information content (AvgIpc) is 2.03. The molecule has 1 unspecified atom stereocenters. The highest BCUT2D eigenvalue weighted by Crippen LogP contribution is 2.14. The molecule has 0 amide bonds. The highest BCUT2D eigenvalue weighted by atomic mass is 32.2. The summed E-state index contributed by atoms with van der Waals surface area (Å²) in [6.45, 7) is 3.38. The Morgan fingerprint density at radius 1 is 1.55 bits per heavy atom. The lowest BCUT2D eigenvalue weighted by Crippen LogP contribution is -1.83. The van der Waals surface area contributed by atoms with Crippen LogP contribution in [0.1, 0.15) is 0 Å². The van der Waals surface area contributed by atoms with Gasteiger partial charge in [0.15, 0.2) is 0 Å². The maximum Gasteiger partial charge on any atom is 0.116 e. The van der Waals surface area contributed by atoms with Crippen molar-refractivity contribution in [2.24, 2.45) is 0 Å². The largest absolute Gasteiger partial charge is 0.508 e. The van der Waals surface area contributed by atoms with Crippen molar-refractivity contribution in [1.29, 1.82) is 0 Å². The van der Waals surface area contributed by atoms with Crippen molar-refractivity contribution in [2.75, 3.05) is 0 Å². The molecule has 58 valence electrons. The van der Waals surface area contributed by atoms with Gasteiger partial charge in [0.05, 0.1) is 10.8 Å². The average molecular weight is 168 g/mol. The first-order chi connectivity index (χ1) is 5.24. The molecule has 0 fully saturated rings. The molecule has 0 aromatic heterocycles. The van der Waals surface area contributed by atoms with E-state index in [0.717, 1.165) is 0 Å². The van der Waals surface area contributed by atoms with Crippen molar-refractivity contribution in [3.05, 3.63) is 36.3 Å². The van der Waals surface area contributed by atoms with Gasteiger partial charge in [0.2, 0.25) is 0 Å². The molecule has 11 heavy (non-hydrogen) atoms. The number of phenols is 1. The molecule has 1 rings (SSSR count). The highest BCUT2D eigenvalue weighted by molar-refractivity contribution is 7.88. The summed E-state index contributed by atoms with van der Waals surface area (Å²) < 4.78 is 11.0. The number of hydrogen-bond acceptors (Lipinski definition) is 2. The number of hydrogen-bond donors (Lipinski definition) is 1. The molecule has 2 nitrogen and oxygen atoms in total. The number of benzene rings is 1. The predicted molar refractivity (Wildman–Crippen MR) is 44.7 cm³/mol. The van der Waals surface area contributed by atoms with Crippen LogP contribution in [0.15, 0.2) is 41.1 Å². The molecule has 0 aliphatic heterocycles. The number of rotatable bonds is 2. The van der Waals surface area contributed by atoms with Gasteiger partial charge in [-0.25, -0.2) is 4.21 Å². The maximum atomic E-state index is 11.0. The van der Waals surface area contributed by atoms with E-state index >= 15 is 0 Å². The van der Waals surface area contributed by atoms with Crippen molar-refractivity contribution in [1.82, 2.24) is 0 Å². The van der Waals surface area contributed by atoms with E-state index in [1.54, 1.807) is 12.1 Å². The zero-order valence-electron chi connectivity index (χ0n) is 5.86. The molecule has 0 spiro atoms. The third-order valence-corrected chi connectivity index (χ3v) is 2.22. The first-order valence-electron chi connectivity index (χ1n) is 3.06. The molecule has 0 bridgehead atoms. The molecule has 0 aliphatic rings. The fraction of sp³-hybridized carbons (Fsp3) is 0. The van der Waals surface area contributed by atoms with Crippen molar-refractivity contribution in [3.8, 4) is 5.75 Å². The van der Waals surface area contributed by atoms with Gasteiger partial charge >= 0.3 is 0 Å². The third kappa shape index (κ3) is 1.91. The van der Waals surface area contributed by atoms with E-state index in [4.69, 9.17) is 5.11 Å². The van der Waals surface area contributed by atoms with Gasteiger partial charge in [0, 0.05) is 10.3 Å². The second-order valence-corrected chi connectivity index (χ2v) is 3.36. The monoisotopic (exact) mass is 168 g/mol. The normalized spacial score (nSPS) is 12.4. The van der Waals surface area contributed by atoms with Crippen LogP contribution in [0.3, 0.4) is 0 Å². The summed E-state index contributed by atoms with van der Waals surface area (Å²) in [4.78, 5) is 0.569. The minimum atomic E-state index is -1.20. The predicted octanol–water partition coefficient (Wildman–Crippen LogP) is 1.64. The van der Waals surface area contributed by atoms with E-state index in [1.807, 2.05) is 0 Å². The van der Waals surface area contributed by atoms with Gasteiger partial charge in [-0.3, -0.25) is 0 Å². The van der Waals surface area contributed by atoms with E-state index in [9.17, 15) is 4.21 Å². The lowest BCUT2D eigenvalue weighted by molar-refractivity contribution is 0.473. The van der Waals surface area contributed by atoms with Crippen LogP contribution in [-0.2, 0) is 10.8 Å². The van der Waals surface area contributed by atoms with Gasteiger partial charge in [0.25, 0.3) is 0 Å². The van der Waals surface area contributed by atoms with Crippen molar-refractivity contribution < 1.29 is 9.32 Å². The molecule has 1 aromatic rings. The topological polar surface area (TPSA) is 37.3 Å². The third-order valence-electron chi connectivity index (χ3n) is 1.20. The van der Waals surface area contributed by atoms with Gasteiger partial charge in [0.1, 0.15) is 5.75 Å². The molecule has 0 radical (unpaired) electrons. The maximum absolute atomic E-state index is 11.0. The zero-order chi connectivity index (χ0) is 8.27. The molecule has 1 aromatic carbocycles. The Bertz CT molecular complexity index is 294. The van der Waals surface area contributed by atoms with Crippen LogP contribution < -0.4 is 0 Å². The Morgan fingerprint density at radius 2 is 2.27 bits per heavy atom. The summed E-state index contributed by atoms with van der Waals surface area (Å²) in [5.41, 5.74) is 0. The van der Waals surface area contributed by atoms with E-state index in [0.29, 0.717) is 4.90 Å². The Labute approximate surface area is 67.6 Å². The van der Waals surface area contributed by atoms with Crippen LogP contribution in [0, 0.1) is 0 Å². The Hall–Kier alpha value is -1.09. The fourth-order valence-corrected chi connectivity index (χ4v) is 1.35. The van der Waals surface area contributed by atoms with E-state index < -0.39 is 10.8 Å². The number of aromatic hydroxyl groups is 1. The standard InChI is InChI=1S/C8H8O2S/c1-2-11(10)8-5-3-4-7(9)6-8/h2-6,9H,1H2. The zero-order valence-corrected chi connectivity index (χ0v) is 6.67. The molecule has 3 heteroatoms. The van der Waals surface area contributed by atoms with Gasteiger partial charge in [-0.05, 0) is 18.2 Å².